The van der Waals surface area contributed by atoms with Crippen LogP contribution in [0.5, 0.6) is 0 Å². The summed E-state index contributed by atoms with van der Waals surface area (Å²) in [5, 5.41) is 2.84. The normalized spacial score (nSPS) is 33.5. The van der Waals surface area contributed by atoms with E-state index >= 15 is 0 Å². The molecule has 0 aromatic heterocycles. The second kappa shape index (κ2) is 5.19. The zero-order valence-corrected chi connectivity index (χ0v) is 13.6. The van der Waals surface area contributed by atoms with Crippen molar-refractivity contribution in [3.05, 3.63) is 34.3 Å². The average molecular weight is 354 g/mol. The molecule has 3 unspecified atom stereocenters. The number of piperidine rings is 1. The molecule has 106 valence electrons. The Kier molecular flexibility index (Phi) is 3.67. The second-order valence-corrected chi connectivity index (χ2v) is 7.94. The van der Waals surface area contributed by atoms with Crippen molar-refractivity contribution in [3.63, 3.8) is 0 Å². The second-order valence-electron chi connectivity index (χ2n) is 5.57. The Morgan fingerprint density at radius 3 is 2.85 bits per heavy atom. The molecule has 20 heavy (non-hydrogen) atoms. The third-order valence-electron chi connectivity index (χ3n) is 4.52. The molecular weight excluding hydrogens is 338 g/mol. The van der Waals surface area contributed by atoms with Crippen molar-refractivity contribution >= 4 is 39.5 Å². The lowest BCUT2D eigenvalue weighted by atomic mass is 9.64. The number of hydrogen-bond donors (Lipinski definition) is 1. The van der Waals surface area contributed by atoms with E-state index in [4.69, 9.17) is 0 Å². The molecule has 0 bridgehead atoms. The molecular formula is C15H16BrNO2S. The summed E-state index contributed by atoms with van der Waals surface area (Å²) in [6.07, 6.45) is 1.37. The van der Waals surface area contributed by atoms with Crippen LogP contribution in [-0.4, -0.2) is 22.8 Å². The van der Waals surface area contributed by atoms with Gasteiger partial charge in [0.25, 0.3) is 0 Å². The zero-order valence-electron chi connectivity index (χ0n) is 11.2. The first-order chi connectivity index (χ1) is 9.53. The van der Waals surface area contributed by atoms with E-state index in [0.29, 0.717) is 11.7 Å². The molecule has 2 aliphatic rings. The molecule has 3 nitrogen and oxygen atoms in total. The molecule has 1 N–H and O–H groups in total. The van der Waals surface area contributed by atoms with E-state index in [9.17, 15) is 9.59 Å². The van der Waals surface area contributed by atoms with Crippen LogP contribution < -0.4 is 5.32 Å². The molecule has 2 aliphatic heterocycles. The Hall–Kier alpha value is -0.810. The smallest absolute Gasteiger partial charge is 0.234 e. The minimum absolute atomic E-state index is 0.129. The zero-order chi connectivity index (χ0) is 14.3. The molecule has 5 heteroatoms. The van der Waals surface area contributed by atoms with Gasteiger partial charge in [0.15, 0.2) is 0 Å². The van der Waals surface area contributed by atoms with Gasteiger partial charge in [-0.2, -0.15) is 11.8 Å². The van der Waals surface area contributed by atoms with Gasteiger partial charge in [0.1, 0.15) is 0 Å². The van der Waals surface area contributed by atoms with Crippen LogP contribution in [0.2, 0.25) is 0 Å². The van der Waals surface area contributed by atoms with Gasteiger partial charge in [0.2, 0.25) is 11.8 Å². The molecule has 3 atom stereocenters. The van der Waals surface area contributed by atoms with Crippen molar-refractivity contribution in [1.82, 2.24) is 5.32 Å². The SMILES string of the molecule is CC1SCCC12CC(=O)NC(=O)C2c1cccc(Br)c1. The van der Waals surface area contributed by atoms with Crippen LogP contribution in [0.25, 0.3) is 0 Å². The minimum atomic E-state index is -0.234. The summed E-state index contributed by atoms with van der Waals surface area (Å²) in [5.74, 6) is 0.513. The fourth-order valence-corrected chi connectivity index (χ4v) is 5.43. The highest BCUT2D eigenvalue weighted by Crippen LogP contribution is 2.55. The molecule has 0 radical (unpaired) electrons. The van der Waals surface area contributed by atoms with E-state index in [1.807, 2.05) is 36.0 Å². The standard InChI is InChI=1S/C15H16BrNO2S/c1-9-15(5-6-20-9)8-12(18)17-14(19)13(15)10-3-2-4-11(16)7-10/h2-4,7,9,13H,5-6,8H2,1H3,(H,17,18,19). The first kappa shape index (κ1) is 14.1. The Morgan fingerprint density at radius 2 is 2.20 bits per heavy atom. The van der Waals surface area contributed by atoms with E-state index in [1.54, 1.807) is 0 Å². The predicted octanol–water partition coefficient (Wildman–Crippen LogP) is 3.09. The van der Waals surface area contributed by atoms with E-state index in [0.717, 1.165) is 22.2 Å². The summed E-state index contributed by atoms with van der Waals surface area (Å²) in [5.41, 5.74) is 0.768. The third-order valence-corrected chi connectivity index (χ3v) is 6.42. The fraction of sp³-hybridized carbons (Fsp3) is 0.467. The molecule has 2 amide bonds. The van der Waals surface area contributed by atoms with Gasteiger partial charge in [0.05, 0.1) is 5.92 Å². The summed E-state index contributed by atoms with van der Waals surface area (Å²) in [6.45, 7) is 2.15. The van der Waals surface area contributed by atoms with Crippen molar-refractivity contribution in [2.75, 3.05) is 5.75 Å². The van der Waals surface area contributed by atoms with Crippen LogP contribution in [0.3, 0.4) is 0 Å². The number of halogens is 1. The average Bonchev–Trinajstić information content (AvgIpc) is 2.70. The highest BCUT2D eigenvalue weighted by atomic mass is 79.9. The molecule has 1 aromatic rings. The Balaban J connectivity index is 2.09. The van der Waals surface area contributed by atoms with Crippen molar-refractivity contribution < 1.29 is 9.59 Å². The van der Waals surface area contributed by atoms with E-state index < -0.39 is 0 Å². The number of hydrogen-bond acceptors (Lipinski definition) is 3. The molecule has 1 spiro atoms. The van der Waals surface area contributed by atoms with Gasteiger partial charge in [0, 0.05) is 21.6 Å². The lowest BCUT2D eigenvalue weighted by molar-refractivity contribution is -0.140. The maximum absolute atomic E-state index is 12.5. The Labute approximate surface area is 131 Å². The van der Waals surface area contributed by atoms with Crippen LogP contribution >= 0.6 is 27.7 Å². The first-order valence-electron chi connectivity index (χ1n) is 6.74. The summed E-state index contributed by atoms with van der Waals surface area (Å²) in [7, 11) is 0. The summed E-state index contributed by atoms with van der Waals surface area (Å²) < 4.78 is 0.966. The van der Waals surface area contributed by atoms with Crippen molar-refractivity contribution in [2.24, 2.45) is 5.41 Å². The molecule has 2 fully saturated rings. The molecule has 3 rings (SSSR count). The van der Waals surface area contributed by atoms with Crippen molar-refractivity contribution in [1.29, 1.82) is 0 Å². The van der Waals surface area contributed by atoms with Gasteiger partial charge in [-0.1, -0.05) is 35.0 Å². The number of imide groups is 1. The summed E-state index contributed by atoms with van der Waals surface area (Å²) in [4.78, 5) is 24.3. The predicted molar refractivity (Wildman–Crippen MR) is 83.6 cm³/mol. The van der Waals surface area contributed by atoms with Gasteiger partial charge < -0.3 is 0 Å². The van der Waals surface area contributed by atoms with Crippen LogP contribution in [0, 0.1) is 5.41 Å². The highest BCUT2D eigenvalue weighted by molar-refractivity contribution is 9.10. The minimum Gasteiger partial charge on any atom is -0.296 e. The van der Waals surface area contributed by atoms with Crippen molar-refractivity contribution in [3.8, 4) is 0 Å². The number of amides is 2. The quantitative estimate of drug-likeness (QED) is 0.789. The number of carbonyl (C=O) groups is 2. The van der Waals surface area contributed by atoms with Gasteiger partial charge >= 0.3 is 0 Å². The monoisotopic (exact) mass is 353 g/mol. The number of rotatable bonds is 1. The largest absolute Gasteiger partial charge is 0.296 e. The van der Waals surface area contributed by atoms with Gasteiger partial charge in [-0.15, -0.1) is 0 Å². The molecule has 0 aliphatic carbocycles. The maximum Gasteiger partial charge on any atom is 0.234 e. The first-order valence-corrected chi connectivity index (χ1v) is 8.58. The topological polar surface area (TPSA) is 46.2 Å². The molecule has 2 heterocycles. The lowest BCUT2D eigenvalue weighted by Gasteiger charge is -2.42. The number of nitrogens with one attached hydrogen (secondary N) is 1. The fourth-order valence-electron chi connectivity index (χ4n) is 3.49. The van der Waals surface area contributed by atoms with Crippen LogP contribution in [0.4, 0.5) is 0 Å². The number of thioether (sulfide) groups is 1. The highest BCUT2D eigenvalue weighted by Gasteiger charge is 2.54. The van der Waals surface area contributed by atoms with E-state index in [-0.39, 0.29) is 23.1 Å². The Bertz CT molecular complexity index is 577. The van der Waals surface area contributed by atoms with E-state index in [1.165, 1.54) is 0 Å². The molecule has 1 aromatic carbocycles. The molecule has 0 saturated carbocycles. The van der Waals surface area contributed by atoms with E-state index in [2.05, 4.69) is 28.2 Å². The third kappa shape index (κ3) is 2.21. The summed E-state index contributed by atoms with van der Waals surface area (Å²) in [6, 6.07) is 7.89. The Morgan fingerprint density at radius 1 is 1.40 bits per heavy atom. The van der Waals surface area contributed by atoms with Gasteiger partial charge in [-0.05, 0) is 29.9 Å². The van der Waals surface area contributed by atoms with Crippen LogP contribution in [0.1, 0.15) is 31.2 Å². The van der Waals surface area contributed by atoms with Gasteiger partial charge in [-0.25, -0.2) is 0 Å². The number of carbonyl (C=O) groups excluding carboxylic acids is 2. The van der Waals surface area contributed by atoms with Crippen LogP contribution in [-0.2, 0) is 9.59 Å². The summed E-state index contributed by atoms with van der Waals surface area (Å²) >= 11 is 5.33. The number of benzene rings is 1. The lowest BCUT2D eigenvalue weighted by Crippen LogP contribution is -2.52. The van der Waals surface area contributed by atoms with Gasteiger partial charge in [-0.3, -0.25) is 14.9 Å². The van der Waals surface area contributed by atoms with Crippen molar-refractivity contribution in [2.45, 2.75) is 30.9 Å². The molecule has 2 saturated heterocycles. The van der Waals surface area contributed by atoms with Crippen LogP contribution in [0.15, 0.2) is 28.7 Å². The maximum atomic E-state index is 12.5.